The molecule has 0 saturated heterocycles. The smallest absolute Gasteiger partial charge is 0.257 e. The van der Waals surface area contributed by atoms with Crippen LogP contribution in [0.3, 0.4) is 0 Å². The van der Waals surface area contributed by atoms with Crippen LogP contribution in [0.1, 0.15) is 31.7 Å². The largest absolute Gasteiger partial charge is 0.383 e. The second-order valence-corrected chi connectivity index (χ2v) is 5.92. The first-order chi connectivity index (χ1) is 13.5. The van der Waals surface area contributed by atoms with Gasteiger partial charge in [-0.25, -0.2) is 4.98 Å². The number of hydrogen-bond acceptors (Lipinski definition) is 4. The van der Waals surface area contributed by atoms with Crippen molar-refractivity contribution in [1.82, 2.24) is 14.9 Å². The highest BCUT2D eigenvalue weighted by molar-refractivity contribution is 6.08. The topological polar surface area (TPSA) is 128 Å². The average Bonchev–Trinajstić information content (AvgIpc) is 3.16. The first-order valence-electron chi connectivity index (χ1n) is 8.96. The van der Waals surface area contributed by atoms with E-state index in [1.807, 2.05) is 19.9 Å². The zero-order chi connectivity index (χ0) is 20.5. The number of benzene rings is 1. The van der Waals surface area contributed by atoms with E-state index in [0.29, 0.717) is 24.5 Å². The first-order valence-corrected chi connectivity index (χ1v) is 8.96. The third-order valence-corrected chi connectivity index (χ3v) is 4.08. The highest BCUT2D eigenvalue weighted by atomic mass is 16.2. The zero-order valence-electron chi connectivity index (χ0n) is 16.0. The number of aromatic amines is 1. The molecular formula is C20H24N6O2. The van der Waals surface area contributed by atoms with Gasteiger partial charge in [-0.15, -0.1) is 0 Å². The van der Waals surface area contributed by atoms with Crippen LogP contribution < -0.4 is 5.73 Å². The van der Waals surface area contributed by atoms with Gasteiger partial charge in [0, 0.05) is 30.4 Å². The fourth-order valence-electron chi connectivity index (χ4n) is 2.61. The lowest BCUT2D eigenvalue weighted by Crippen LogP contribution is -2.32. The Balaban J connectivity index is 2.16. The number of allylic oxidation sites excluding steroid dienone is 1. The Labute approximate surface area is 163 Å². The molecule has 1 aromatic heterocycles. The SMILES string of the molecule is CCN(CC)C(=O)CC(=O)N=C(N)c1cccc(-c2cnc(/C=C\C=N)[nH]2)c1. The molecule has 8 heteroatoms. The van der Waals surface area contributed by atoms with E-state index < -0.39 is 5.91 Å². The number of hydrogen-bond donors (Lipinski definition) is 3. The van der Waals surface area contributed by atoms with Gasteiger partial charge < -0.3 is 21.0 Å². The summed E-state index contributed by atoms with van der Waals surface area (Å²) in [7, 11) is 0. The first kappa shape index (κ1) is 20.8. The molecule has 0 aliphatic carbocycles. The molecule has 28 heavy (non-hydrogen) atoms. The minimum Gasteiger partial charge on any atom is -0.383 e. The van der Waals surface area contributed by atoms with Gasteiger partial charge in [0.15, 0.2) is 0 Å². The van der Waals surface area contributed by atoms with Gasteiger partial charge >= 0.3 is 0 Å². The van der Waals surface area contributed by atoms with Crippen molar-refractivity contribution in [3.63, 3.8) is 0 Å². The van der Waals surface area contributed by atoms with Crippen molar-refractivity contribution in [2.24, 2.45) is 10.7 Å². The predicted octanol–water partition coefficient (Wildman–Crippen LogP) is 2.23. The van der Waals surface area contributed by atoms with Crippen LogP contribution in [0.4, 0.5) is 0 Å². The Morgan fingerprint density at radius 2 is 2.07 bits per heavy atom. The molecule has 2 rings (SSSR count). The number of carbonyl (C=O) groups is 2. The summed E-state index contributed by atoms with van der Waals surface area (Å²) in [6.45, 7) is 4.81. The van der Waals surface area contributed by atoms with Gasteiger partial charge in [0.25, 0.3) is 5.91 Å². The van der Waals surface area contributed by atoms with Gasteiger partial charge in [-0.1, -0.05) is 18.2 Å². The second-order valence-electron chi connectivity index (χ2n) is 5.92. The summed E-state index contributed by atoms with van der Waals surface area (Å²) in [6, 6.07) is 7.20. The Kier molecular flexibility index (Phi) is 7.38. The van der Waals surface area contributed by atoms with E-state index in [9.17, 15) is 9.59 Å². The summed E-state index contributed by atoms with van der Waals surface area (Å²) in [6.07, 6.45) is 5.79. The molecule has 2 aromatic rings. The van der Waals surface area contributed by atoms with Gasteiger partial charge in [-0.05, 0) is 32.1 Å². The van der Waals surface area contributed by atoms with Crippen LogP contribution in [0.5, 0.6) is 0 Å². The number of imidazole rings is 1. The third-order valence-electron chi connectivity index (χ3n) is 4.08. The number of H-pyrrole nitrogens is 1. The molecule has 0 fully saturated rings. The third kappa shape index (κ3) is 5.47. The van der Waals surface area contributed by atoms with E-state index in [1.54, 1.807) is 41.4 Å². The van der Waals surface area contributed by atoms with E-state index in [0.717, 1.165) is 11.3 Å². The van der Waals surface area contributed by atoms with E-state index in [2.05, 4.69) is 15.0 Å². The van der Waals surface area contributed by atoms with Crippen molar-refractivity contribution in [3.05, 3.63) is 47.9 Å². The van der Waals surface area contributed by atoms with E-state index in [1.165, 1.54) is 6.21 Å². The van der Waals surface area contributed by atoms with Crippen LogP contribution in [0.2, 0.25) is 0 Å². The number of nitrogens with two attached hydrogens (primary N) is 1. The molecule has 0 unspecified atom stereocenters. The Morgan fingerprint density at radius 1 is 1.32 bits per heavy atom. The Hall–Kier alpha value is -3.55. The summed E-state index contributed by atoms with van der Waals surface area (Å²) in [5, 5.41) is 7.01. The normalized spacial score (nSPS) is 11.6. The lowest BCUT2D eigenvalue weighted by atomic mass is 10.1. The van der Waals surface area contributed by atoms with Gasteiger partial charge in [0.1, 0.15) is 18.1 Å². The van der Waals surface area contributed by atoms with Gasteiger partial charge in [0.2, 0.25) is 5.91 Å². The van der Waals surface area contributed by atoms with Crippen LogP contribution in [-0.2, 0) is 9.59 Å². The summed E-state index contributed by atoms with van der Waals surface area (Å²) in [4.78, 5) is 36.9. The maximum absolute atomic E-state index is 12.1. The summed E-state index contributed by atoms with van der Waals surface area (Å²) in [5.41, 5.74) is 8.14. The lowest BCUT2D eigenvalue weighted by molar-refractivity contribution is -0.134. The van der Waals surface area contributed by atoms with Crippen molar-refractivity contribution >= 4 is 29.9 Å². The molecule has 8 nitrogen and oxygen atoms in total. The van der Waals surface area contributed by atoms with Crippen LogP contribution in [0.15, 0.2) is 41.5 Å². The molecule has 0 aliphatic rings. The minimum atomic E-state index is -0.569. The molecule has 4 N–H and O–H groups in total. The minimum absolute atomic E-state index is 0.0580. The van der Waals surface area contributed by atoms with Crippen molar-refractivity contribution in [1.29, 1.82) is 5.41 Å². The van der Waals surface area contributed by atoms with Crippen molar-refractivity contribution < 1.29 is 9.59 Å². The molecule has 0 aliphatic heterocycles. The quantitative estimate of drug-likeness (QED) is 0.368. The number of amidine groups is 1. The zero-order valence-corrected chi connectivity index (χ0v) is 16.0. The van der Waals surface area contributed by atoms with Gasteiger partial charge in [0.05, 0.1) is 11.9 Å². The highest BCUT2D eigenvalue weighted by Gasteiger charge is 2.15. The number of aromatic nitrogens is 2. The van der Waals surface area contributed by atoms with Crippen molar-refractivity contribution in [2.45, 2.75) is 20.3 Å². The van der Waals surface area contributed by atoms with Crippen LogP contribution >= 0.6 is 0 Å². The van der Waals surface area contributed by atoms with E-state index >= 15 is 0 Å². The van der Waals surface area contributed by atoms with Crippen molar-refractivity contribution in [2.75, 3.05) is 13.1 Å². The number of nitrogens with zero attached hydrogens (tertiary/aromatic N) is 3. The number of rotatable bonds is 8. The summed E-state index contributed by atoms with van der Waals surface area (Å²) >= 11 is 0. The Morgan fingerprint density at radius 3 is 2.75 bits per heavy atom. The fraction of sp³-hybridized carbons (Fsp3) is 0.250. The molecule has 0 spiro atoms. The highest BCUT2D eigenvalue weighted by Crippen LogP contribution is 2.19. The molecule has 1 heterocycles. The van der Waals surface area contributed by atoms with Crippen LogP contribution in [0.25, 0.3) is 17.3 Å². The molecular weight excluding hydrogens is 356 g/mol. The fourth-order valence-corrected chi connectivity index (χ4v) is 2.61. The maximum atomic E-state index is 12.1. The molecule has 0 saturated carbocycles. The molecule has 0 bridgehead atoms. The molecule has 0 atom stereocenters. The van der Waals surface area contributed by atoms with Crippen molar-refractivity contribution in [3.8, 4) is 11.3 Å². The number of amides is 2. The predicted molar refractivity (Wildman–Crippen MR) is 110 cm³/mol. The number of carbonyl (C=O) groups excluding carboxylic acids is 2. The van der Waals surface area contributed by atoms with Crippen LogP contribution in [0, 0.1) is 5.41 Å². The van der Waals surface area contributed by atoms with Gasteiger partial charge in [-0.2, -0.15) is 4.99 Å². The average molecular weight is 380 g/mol. The molecule has 2 amide bonds. The second kappa shape index (κ2) is 9.96. The number of nitrogens with one attached hydrogen (secondary N) is 2. The monoisotopic (exact) mass is 380 g/mol. The number of aliphatic imine (C=N–C) groups is 1. The summed E-state index contributed by atoms with van der Waals surface area (Å²) in [5.74, 6) is -0.151. The van der Waals surface area contributed by atoms with Crippen LogP contribution in [-0.4, -0.2) is 51.8 Å². The molecule has 146 valence electrons. The van der Waals surface area contributed by atoms with Gasteiger partial charge in [-0.3, -0.25) is 9.59 Å². The van der Waals surface area contributed by atoms with E-state index in [-0.39, 0.29) is 18.2 Å². The van der Waals surface area contributed by atoms with E-state index in [4.69, 9.17) is 11.1 Å². The standard InChI is InChI=1S/C20H24N6O2/c1-3-26(4-2)19(28)12-18(27)25-20(22)15-8-5-7-14(11-15)16-13-23-17(24-16)9-6-10-21/h5-11,13,21H,3-4,12H2,1-2H3,(H,23,24)(H2,22,25,27)/b9-6-,21-10?. The molecule has 1 aromatic carbocycles. The molecule has 0 radical (unpaired) electrons. The maximum Gasteiger partial charge on any atom is 0.257 e. The summed E-state index contributed by atoms with van der Waals surface area (Å²) < 4.78 is 0. The Bertz CT molecular complexity index is 909. The lowest BCUT2D eigenvalue weighted by Gasteiger charge is -2.17.